The van der Waals surface area contributed by atoms with E-state index in [1.54, 1.807) is 18.7 Å². The van der Waals surface area contributed by atoms with Crippen LogP contribution in [0.4, 0.5) is 5.69 Å². The molecule has 1 heterocycles. The highest BCUT2D eigenvalue weighted by atomic mass is 32.2. The normalized spacial score (nSPS) is 10.4. The average molecular weight is 442 g/mol. The minimum atomic E-state index is -0.589. The van der Waals surface area contributed by atoms with Crippen molar-refractivity contribution in [2.75, 3.05) is 12.9 Å². The van der Waals surface area contributed by atoms with Crippen LogP contribution < -0.4 is 15.6 Å². The van der Waals surface area contributed by atoms with Crippen molar-refractivity contribution in [2.24, 2.45) is 7.05 Å². The van der Waals surface area contributed by atoms with Gasteiger partial charge in [-0.15, -0.1) is 10.2 Å². The van der Waals surface area contributed by atoms with Crippen molar-refractivity contribution in [1.29, 1.82) is 0 Å². The number of nitrogens with zero attached hydrogens (tertiary/aromatic N) is 4. The fourth-order valence-electron chi connectivity index (χ4n) is 2.53. The molecule has 0 aliphatic rings. The molecular weight excluding hydrogens is 424 g/mol. The van der Waals surface area contributed by atoms with Gasteiger partial charge in [-0.05, 0) is 36.4 Å². The summed E-state index contributed by atoms with van der Waals surface area (Å²) in [5.74, 6) is 0.322. The van der Waals surface area contributed by atoms with E-state index in [9.17, 15) is 19.7 Å². The molecule has 2 amide bonds. The Morgan fingerprint density at radius 2 is 1.77 bits per heavy atom. The molecule has 0 unspecified atom stereocenters. The number of nitro benzene ring substituents is 1. The molecule has 0 aliphatic carbocycles. The molecular formula is C19H18N6O5S. The molecule has 0 bridgehead atoms. The number of ether oxygens (including phenoxy) is 1. The van der Waals surface area contributed by atoms with Gasteiger partial charge in [0.2, 0.25) is 5.91 Å². The third-order valence-corrected chi connectivity index (χ3v) is 5.19. The van der Waals surface area contributed by atoms with Crippen molar-refractivity contribution in [3.8, 4) is 17.1 Å². The number of methoxy groups -OCH3 is 1. The number of thioether (sulfide) groups is 1. The first-order valence-corrected chi connectivity index (χ1v) is 9.88. The van der Waals surface area contributed by atoms with Gasteiger partial charge in [-0.25, -0.2) is 0 Å². The first-order valence-electron chi connectivity index (χ1n) is 8.89. The number of hydrogen-bond acceptors (Lipinski definition) is 8. The number of hydrazine groups is 1. The summed E-state index contributed by atoms with van der Waals surface area (Å²) in [5.41, 5.74) is 5.45. The van der Waals surface area contributed by atoms with Crippen LogP contribution >= 0.6 is 11.8 Å². The molecule has 12 heteroatoms. The predicted molar refractivity (Wildman–Crippen MR) is 112 cm³/mol. The largest absolute Gasteiger partial charge is 0.497 e. The number of hydrogen-bond donors (Lipinski definition) is 2. The van der Waals surface area contributed by atoms with Crippen molar-refractivity contribution < 1.29 is 19.2 Å². The van der Waals surface area contributed by atoms with E-state index in [-0.39, 0.29) is 17.0 Å². The Morgan fingerprint density at radius 3 is 2.39 bits per heavy atom. The minimum absolute atomic E-state index is 0.00483. The predicted octanol–water partition coefficient (Wildman–Crippen LogP) is 1.95. The van der Waals surface area contributed by atoms with Crippen LogP contribution in [0.5, 0.6) is 5.75 Å². The zero-order valence-electron chi connectivity index (χ0n) is 16.6. The van der Waals surface area contributed by atoms with Crippen molar-refractivity contribution in [2.45, 2.75) is 5.16 Å². The first-order chi connectivity index (χ1) is 14.9. The molecule has 0 spiro atoms. The zero-order chi connectivity index (χ0) is 22.4. The maximum atomic E-state index is 12.0. The third-order valence-electron chi connectivity index (χ3n) is 4.17. The molecule has 2 aromatic carbocycles. The summed E-state index contributed by atoms with van der Waals surface area (Å²) in [6.07, 6.45) is 0. The molecule has 160 valence electrons. The van der Waals surface area contributed by atoms with Crippen molar-refractivity contribution in [3.05, 3.63) is 64.2 Å². The second-order valence-corrected chi connectivity index (χ2v) is 7.13. The molecule has 0 aliphatic heterocycles. The molecule has 0 fully saturated rings. The molecule has 1 aromatic heterocycles. The number of aromatic nitrogens is 3. The summed E-state index contributed by atoms with van der Waals surface area (Å²) in [5, 5.41) is 19.4. The number of benzene rings is 2. The fraction of sp³-hybridized carbons (Fsp3) is 0.158. The number of carbonyl (C=O) groups is 2. The highest BCUT2D eigenvalue weighted by Gasteiger charge is 2.14. The maximum absolute atomic E-state index is 12.0. The Bertz CT molecular complexity index is 1100. The second kappa shape index (κ2) is 9.71. The molecule has 3 aromatic rings. The zero-order valence-corrected chi connectivity index (χ0v) is 17.4. The topological polar surface area (TPSA) is 141 Å². The Labute approximate surface area is 180 Å². The van der Waals surface area contributed by atoms with E-state index in [0.717, 1.165) is 23.1 Å². The van der Waals surface area contributed by atoms with Gasteiger partial charge in [-0.1, -0.05) is 11.8 Å². The van der Waals surface area contributed by atoms with Crippen molar-refractivity contribution in [1.82, 2.24) is 25.6 Å². The lowest BCUT2D eigenvalue weighted by molar-refractivity contribution is -0.384. The minimum Gasteiger partial charge on any atom is -0.497 e. The van der Waals surface area contributed by atoms with Gasteiger partial charge in [0.25, 0.3) is 11.6 Å². The molecule has 3 rings (SSSR count). The van der Waals surface area contributed by atoms with Gasteiger partial charge in [-0.3, -0.25) is 30.6 Å². The number of nitrogens with one attached hydrogen (secondary N) is 2. The summed E-state index contributed by atoms with van der Waals surface area (Å²) in [6, 6.07) is 12.4. The molecule has 0 saturated carbocycles. The van der Waals surface area contributed by atoms with E-state index in [0.29, 0.717) is 11.0 Å². The van der Waals surface area contributed by atoms with Crippen LogP contribution in [0.1, 0.15) is 10.4 Å². The van der Waals surface area contributed by atoms with Gasteiger partial charge in [0.15, 0.2) is 11.0 Å². The number of nitro groups is 1. The quantitative estimate of drug-likeness (QED) is 0.321. The van der Waals surface area contributed by atoms with E-state index in [1.165, 1.54) is 24.3 Å². The molecule has 31 heavy (non-hydrogen) atoms. The molecule has 11 nitrogen and oxygen atoms in total. The Hall–Kier alpha value is -3.93. The van der Waals surface area contributed by atoms with Crippen LogP contribution in [0.2, 0.25) is 0 Å². The van der Waals surface area contributed by atoms with Gasteiger partial charge >= 0.3 is 0 Å². The summed E-state index contributed by atoms with van der Waals surface area (Å²) >= 11 is 1.16. The number of carbonyl (C=O) groups excluding carboxylic acids is 2. The van der Waals surface area contributed by atoms with E-state index >= 15 is 0 Å². The number of non-ortho nitro benzene ring substituents is 1. The van der Waals surface area contributed by atoms with Crippen LogP contribution in [0, 0.1) is 10.1 Å². The lowest BCUT2D eigenvalue weighted by atomic mass is 10.2. The Balaban J connectivity index is 1.52. The van der Waals surface area contributed by atoms with Crippen LogP contribution in [0.15, 0.2) is 53.7 Å². The lowest BCUT2D eigenvalue weighted by Gasteiger charge is -2.07. The lowest BCUT2D eigenvalue weighted by Crippen LogP contribution is -2.42. The fourth-order valence-corrected chi connectivity index (χ4v) is 3.24. The van der Waals surface area contributed by atoms with Gasteiger partial charge < -0.3 is 9.30 Å². The summed E-state index contributed by atoms with van der Waals surface area (Å²) in [6.45, 7) is 0. The van der Waals surface area contributed by atoms with E-state index in [2.05, 4.69) is 21.0 Å². The molecule has 0 saturated heterocycles. The standard InChI is InChI=1S/C19H18N6O5S/c1-24-17(12-5-9-15(30-2)10-6-12)21-23-19(24)31-11-16(26)20-22-18(27)13-3-7-14(8-4-13)25(28)29/h3-10H,11H2,1-2H3,(H,20,26)(H,22,27). The second-order valence-electron chi connectivity index (χ2n) is 6.19. The number of rotatable bonds is 7. The van der Waals surface area contributed by atoms with Crippen LogP contribution in [0.25, 0.3) is 11.4 Å². The van der Waals surface area contributed by atoms with Gasteiger partial charge in [-0.2, -0.15) is 0 Å². The van der Waals surface area contributed by atoms with Crippen LogP contribution in [-0.4, -0.2) is 44.4 Å². The van der Waals surface area contributed by atoms with Gasteiger partial charge in [0, 0.05) is 30.3 Å². The molecule has 0 atom stereocenters. The molecule has 2 N–H and O–H groups in total. The monoisotopic (exact) mass is 442 g/mol. The first kappa shape index (κ1) is 21.8. The van der Waals surface area contributed by atoms with Crippen molar-refractivity contribution >= 4 is 29.3 Å². The van der Waals surface area contributed by atoms with Crippen LogP contribution in [-0.2, 0) is 11.8 Å². The van der Waals surface area contributed by atoms with Gasteiger partial charge in [0.1, 0.15) is 5.75 Å². The van der Waals surface area contributed by atoms with Gasteiger partial charge in [0.05, 0.1) is 17.8 Å². The highest BCUT2D eigenvalue weighted by molar-refractivity contribution is 7.99. The molecule has 0 radical (unpaired) electrons. The third kappa shape index (κ3) is 5.36. The highest BCUT2D eigenvalue weighted by Crippen LogP contribution is 2.24. The van der Waals surface area contributed by atoms with Crippen molar-refractivity contribution in [3.63, 3.8) is 0 Å². The smallest absolute Gasteiger partial charge is 0.269 e. The summed E-state index contributed by atoms with van der Waals surface area (Å²) in [4.78, 5) is 34.2. The Morgan fingerprint density at radius 1 is 1.10 bits per heavy atom. The SMILES string of the molecule is COc1ccc(-c2nnc(SCC(=O)NNC(=O)c3ccc([N+](=O)[O-])cc3)n2C)cc1. The summed E-state index contributed by atoms with van der Waals surface area (Å²) in [7, 11) is 3.38. The van der Waals surface area contributed by atoms with E-state index in [1.807, 2.05) is 24.3 Å². The van der Waals surface area contributed by atoms with Crippen LogP contribution in [0.3, 0.4) is 0 Å². The Kier molecular flexibility index (Phi) is 6.82. The number of amides is 2. The summed E-state index contributed by atoms with van der Waals surface area (Å²) < 4.78 is 6.90. The van der Waals surface area contributed by atoms with E-state index in [4.69, 9.17) is 4.74 Å². The maximum Gasteiger partial charge on any atom is 0.269 e. The average Bonchev–Trinajstić information content (AvgIpc) is 3.16. The van der Waals surface area contributed by atoms with E-state index < -0.39 is 16.7 Å².